The number of carboxylic acids is 1. The second-order valence-corrected chi connectivity index (χ2v) is 12.3. The van der Waals surface area contributed by atoms with Crippen molar-refractivity contribution in [2.45, 2.75) is 63.4 Å². The number of para-hydroxylation sites is 1. The van der Waals surface area contributed by atoms with Crippen LogP contribution in [0.1, 0.15) is 54.0 Å². The van der Waals surface area contributed by atoms with Gasteiger partial charge in [-0.1, -0.05) is 35.5 Å². The summed E-state index contributed by atoms with van der Waals surface area (Å²) in [6, 6.07) is 13.4. The number of fused-ring (bicyclic) bond motifs is 2. The van der Waals surface area contributed by atoms with Gasteiger partial charge in [0.1, 0.15) is 22.3 Å². The highest BCUT2D eigenvalue weighted by atomic mass is 32.3. The molecule has 4 aromatic rings. The van der Waals surface area contributed by atoms with Gasteiger partial charge in [-0.25, -0.2) is 4.68 Å². The van der Waals surface area contributed by atoms with Crippen LogP contribution in [-0.2, 0) is 24.1 Å². The first-order chi connectivity index (χ1) is 19.8. The zero-order chi connectivity index (χ0) is 30.4. The van der Waals surface area contributed by atoms with Gasteiger partial charge in [0.25, 0.3) is 0 Å². The van der Waals surface area contributed by atoms with Crippen LogP contribution in [0.15, 0.2) is 59.5 Å². The van der Waals surface area contributed by atoms with E-state index in [1.54, 1.807) is 48.9 Å². The molecule has 2 atom stereocenters. The summed E-state index contributed by atoms with van der Waals surface area (Å²) in [6.45, 7) is 5.47. The van der Waals surface area contributed by atoms with Crippen LogP contribution in [0.3, 0.4) is 0 Å². The highest BCUT2D eigenvalue weighted by Gasteiger charge is 2.38. The number of rotatable bonds is 7. The van der Waals surface area contributed by atoms with Crippen molar-refractivity contribution in [2.75, 3.05) is 6.54 Å². The van der Waals surface area contributed by atoms with E-state index in [1.165, 1.54) is 22.5 Å². The molecule has 0 radical (unpaired) electrons. The molecule has 0 aliphatic carbocycles. The van der Waals surface area contributed by atoms with E-state index in [9.17, 15) is 32.2 Å². The van der Waals surface area contributed by atoms with Crippen molar-refractivity contribution in [3.05, 3.63) is 82.4 Å². The highest BCUT2D eigenvalue weighted by Crippen LogP contribution is 2.57. The number of carbonyl (C=O) groups is 1. The molecule has 1 aliphatic heterocycles. The summed E-state index contributed by atoms with van der Waals surface area (Å²) in [6.07, 6.45) is -5.67. The number of hydrogen-bond donors (Lipinski definition) is 3. The van der Waals surface area contributed by atoms with Crippen LogP contribution < -0.4 is 4.74 Å². The molecule has 0 fully saturated rings. The fourth-order valence-corrected chi connectivity index (χ4v) is 7.18. The number of aryl methyl sites for hydroxylation is 2. The first-order valence-electron chi connectivity index (χ1n) is 13.3. The van der Waals surface area contributed by atoms with Crippen LogP contribution in [0, 0.1) is 6.92 Å². The molecule has 1 aromatic heterocycles. The summed E-state index contributed by atoms with van der Waals surface area (Å²) in [7, 11) is -3.72. The topological polar surface area (TPSA) is 121 Å². The Bertz CT molecular complexity index is 1640. The summed E-state index contributed by atoms with van der Waals surface area (Å²) in [5.74, 6) is -1.67. The molecule has 42 heavy (non-hydrogen) atoms. The van der Waals surface area contributed by atoms with Crippen LogP contribution in [0.4, 0.5) is 13.2 Å². The highest BCUT2D eigenvalue weighted by molar-refractivity contribution is 8.22. The lowest BCUT2D eigenvalue weighted by atomic mass is 9.84. The summed E-state index contributed by atoms with van der Waals surface area (Å²) >= 11 is 0. The van der Waals surface area contributed by atoms with E-state index in [0.717, 1.165) is 11.6 Å². The van der Waals surface area contributed by atoms with E-state index in [4.69, 9.17) is 4.74 Å². The molecule has 0 saturated heterocycles. The van der Waals surface area contributed by atoms with Gasteiger partial charge in [-0.2, -0.15) is 17.5 Å². The van der Waals surface area contributed by atoms with Gasteiger partial charge in [0.05, 0.1) is 24.0 Å². The van der Waals surface area contributed by atoms with E-state index in [1.807, 2.05) is 6.92 Å². The third-order valence-corrected chi connectivity index (χ3v) is 9.44. The van der Waals surface area contributed by atoms with E-state index in [0.29, 0.717) is 28.8 Å². The number of halogens is 3. The van der Waals surface area contributed by atoms with Crippen LogP contribution in [0.2, 0.25) is 0 Å². The summed E-state index contributed by atoms with van der Waals surface area (Å²) in [5.41, 5.74) is 1.84. The van der Waals surface area contributed by atoms with Crippen molar-refractivity contribution in [3.8, 4) is 5.75 Å². The number of nitrogens with zero attached hydrogens (tertiary/aromatic N) is 4. The van der Waals surface area contributed by atoms with E-state index < -0.39 is 47.1 Å². The Hall–Kier alpha value is -3.65. The Morgan fingerprint density at radius 3 is 2.60 bits per heavy atom. The van der Waals surface area contributed by atoms with Gasteiger partial charge in [-0.3, -0.25) is 13.9 Å². The second kappa shape index (κ2) is 11.2. The van der Waals surface area contributed by atoms with Crippen molar-refractivity contribution >= 4 is 27.8 Å². The number of alkyl halides is 3. The number of carboxylic acid groups (broad SMARTS) is 1. The minimum Gasteiger partial charge on any atom is -0.487 e. The molecule has 3 N–H and O–H groups in total. The fraction of sp³-hybridized carbons (Fsp3) is 0.345. The predicted molar refractivity (Wildman–Crippen MR) is 152 cm³/mol. The molecule has 1 aliphatic rings. The van der Waals surface area contributed by atoms with Gasteiger partial charge in [-0.05, 0) is 67.3 Å². The summed E-state index contributed by atoms with van der Waals surface area (Å²) in [4.78, 5) is 12.1. The Morgan fingerprint density at radius 1 is 1.17 bits per heavy atom. The lowest BCUT2D eigenvalue weighted by Crippen LogP contribution is -2.34. The Labute approximate surface area is 242 Å². The van der Waals surface area contributed by atoms with Crippen molar-refractivity contribution < 1.29 is 36.9 Å². The minimum absolute atomic E-state index is 0.0556. The average Bonchev–Trinajstić information content (AvgIpc) is 3.32. The van der Waals surface area contributed by atoms with Gasteiger partial charge < -0.3 is 9.84 Å². The predicted octanol–water partition coefficient (Wildman–Crippen LogP) is 6.69. The quantitative estimate of drug-likeness (QED) is 0.213. The number of ether oxygens (including phenoxy) is 1. The number of hydrogen-bond acceptors (Lipinski definition) is 7. The molecule has 5 rings (SSSR count). The third-order valence-electron chi connectivity index (χ3n) is 7.51. The van der Waals surface area contributed by atoms with Crippen molar-refractivity contribution in [1.82, 2.24) is 19.3 Å². The smallest absolute Gasteiger partial charge is 0.416 e. The Morgan fingerprint density at radius 2 is 1.90 bits per heavy atom. The molecule has 0 amide bonds. The average molecular weight is 605 g/mol. The van der Waals surface area contributed by atoms with Crippen LogP contribution >= 0.6 is 10.8 Å². The first kappa shape index (κ1) is 29.8. The fourth-order valence-electron chi connectivity index (χ4n) is 5.52. The monoisotopic (exact) mass is 604 g/mol. The van der Waals surface area contributed by atoms with Crippen LogP contribution in [0.5, 0.6) is 5.75 Å². The van der Waals surface area contributed by atoms with Gasteiger partial charge in [-0.15, -0.1) is 15.9 Å². The summed E-state index contributed by atoms with van der Waals surface area (Å²) in [5, 5.41) is 18.2. The SMILES string of the molecule is CCn1nnc2c(C)c(C(CC(=O)O)c3ccc(C(F)(F)F)c(CN4CC(C)Oc5ccccc5S4(O)O)c3)ccc21. The zero-order valence-corrected chi connectivity index (χ0v) is 24.0. The lowest BCUT2D eigenvalue weighted by molar-refractivity contribution is -0.139. The zero-order valence-electron chi connectivity index (χ0n) is 23.2. The standard InChI is InChI=1S/C29H31F3N4O5S/c1-4-36-24-12-10-21(18(3)28(24)33-34-36)22(14-27(37)38)19-9-11-23(29(30,31)32)20(13-19)16-35-15-17(2)41-25-7-5-6-8-26(25)42(35,39)40/h5-13,17,22,39-40H,4,14-16H2,1-3H3,(H,37,38). The van der Waals surface area contributed by atoms with E-state index in [-0.39, 0.29) is 29.2 Å². The molecule has 0 spiro atoms. The molecular formula is C29H31F3N4O5S. The molecule has 3 aromatic carbocycles. The van der Waals surface area contributed by atoms with Crippen molar-refractivity contribution in [1.29, 1.82) is 0 Å². The van der Waals surface area contributed by atoms with E-state index in [2.05, 4.69) is 10.3 Å². The Balaban J connectivity index is 1.62. The van der Waals surface area contributed by atoms with Gasteiger partial charge in [0, 0.05) is 19.0 Å². The third kappa shape index (κ3) is 5.56. The Kier molecular flexibility index (Phi) is 7.96. The van der Waals surface area contributed by atoms with Gasteiger partial charge in [0.2, 0.25) is 0 Å². The number of benzene rings is 3. The maximum absolute atomic E-state index is 14.3. The molecule has 224 valence electrons. The number of aromatic nitrogens is 3. The molecule has 2 heterocycles. The maximum atomic E-state index is 14.3. The van der Waals surface area contributed by atoms with Crippen LogP contribution in [0.25, 0.3) is 11.0 Å². The molecule has 0 bridgehead atoms. The largest absolute Gasteiger partial charge is 0.487 e. The van der Waals surface area contributed by atoms with E-state index >= 15 is 0 Å². The molecule has 2 unspecified atom stereocenters. The van der Waals surface area contributed by atoms with Gasteiger partial charge >= 0.3 is 12.1 Å². The maximum Gasteiger partial charge on any atom is 0.416 e. The lowest BCUT2D eigenvalue weighted by Gasteiger charge is -2.42. The molecular weight excluding hydrogens is 573 g/mol. The normalized spacial score (nSPS) is 18.6. The van der Waals surface area contributed by atoms with Crippen molar-refractivity contribution in [3.63, 3.8) is 0 Å². The van der Waals surface area contributed by atoms with Crippen LogP contribution in [-0.4, -0.2) is 52.1 Å². The number of aliphatic carboxylic acids is 1. The van der Waals surface area contributed by atoms with Gasteiger partial charge in [0.15, 0.2) is 0 Å². The second-order valence-electron chi connectivity index (χ2n) is 10.3. The minimum atomic E-state index is -4.74. The first-order valence-corrected chi connectivity index (χ1v) is 14.8. The molecule has 9 nitrogen and oxygen atoms in total. The summed E-state index contributed by atoms with van der Waals surface area (Å²) < 4.78 is 74.1. The molecule has 13 heteroatoms. The molecule has 0 saturated carbocycles. The van der Waals surface area contributed by atoms with Crippen molar-refractivity contribution in [2.24, 2.45) is 0 Å².